The number of pyridine rings is 1. The second-order valence-electron chi connectivity index (χ2n) is 8.72. The van der Waals surface area contributed by atoms with Crippen LogP contribution in [0.5, 0.6) is 0 Å². The molecule has 0 bridgehead atoms. The predicted molar refractivity (Wildman–Crippen MR) is 132 cm³/mol. The average Bonchev–Trinajstić information content (AvgIpc) is 3.56. The molecule has 0 spiro atoms. The second kappa shape index (κ2) is 10.3. The Morgan fingerprint density at radius 1 is 1.38 bits per heavy atom. The van der Waals surface area contributed by atoms with Crippen LogP contribution in [0.1, 0.15) is 79.1 Å². The minimum absolute atomic E-state index is 0.0259. The molecule has 3 aromatic heterocycles. The smallest absolute Gasteiger partial charge is 0.270 e. The van der Waals surface area contributed by atoms with E-state index in [1.54, 1.807) is 22.3 Å². The van der Waals surface area contributed by atoms with Gasteiger partial charge in [-0.05, 0) is 46.1 Å². The number of hydrogen-bond donors (Lipinski definition) is 1. The van der Waals surface area contributed by atoms with Crippen LogP contribution < -0.4 is 5.56 Å². The molecule has 9 heteroatoms. The number of hydrogen-bond acceptors (Lipinski definition) is 7. The first-order chi connectivity index (χ1) is 16.4. The van der Waals surface area contributed by atoms with Crippen molar-refractivity contribution in [2.45, 2.75) is 58.9 Å². The van der Waals surface area contributed by atoms with E-state index in [-0.39, 0.29) is 35.0 Å². The number of nitrogens with one attached hydrogen (secondary N) is 1. The normalized spacial score (nSPS) is 17.6. The van der Waals surface area contributed by atoms with Crippen LogP contribution in [0.15, 0.2) is 50.5 Å². The van der Waals surface area contributed by atoms with E-state index >= 15 is 0 Å². The van der Waals surface area contributed by atoms with E-state index in [0.717, 1.165) is 30.0 Å². The molecule has 0 saturated carbocycles. The fraction of sp³-hybridized carbons (Fsp3) is 0.400. The number of carbonyl (C=O) groups excluding carboxylic acids is 1. The van der Waals surface area contributed by atoms with Crippen LogP contribution in [0.2, 0.25) is 0 Å². The number of aryl methyl sites for hydroxylation is 1. The zero-order chi connectivity index (χ0) is 24.2. The summed E-state index contributed by atoms with van der Waals surface area (Å²) in [6.45, 7) is 8.62. The highest BCUT2D eigenvalue weighted by molar-refractivity contribution is 7.09. The first-order valence-electron chi connectivity index (χ1n) is 11.4. The van der Waals surface area contributed by atoms with Gasteiger partial charge in [0.2, 0.25) is 17.3 Å². The van der Waals surface area contributed by atoms with Crippen molar-refractivity contribution in [3.05, 3.63) is 74.0 Å². The molecule has 8 nitrogen and oxygen atoms in total. The molecule has 34 heavy (non-hydrogen) atoms. The van der Waals surface area contributed by atoms with Gasteiger partial charge in [-0.15, -0.1) is 21.5 Å². The van der Waals surface area contributed by atoms with Gasteiger partial charge in [0.05, 0.1) is 6.04 Å². The minimum atomic E-state index is -0.389. The Morgan fingerprint density at radius 3 is 2.94 bits per heavy atom. The van der Waals surface area contributed by atoms with Crippen LogP contribution in [-0.2, 0) is 0 Å². The summed E-state index contributed by atoms with van der Waals surface area (Å²) in [5.74, 6) is 0.519. The largest absolute Gasteiger partial charge is 0.420 e. The summed E-state index contributed by atoms with van der Waals surface area (Å²) < 4.78 is 5.89. The molecule has 1 amide bonds. The third-order valence-electron chi connectivity index (χ3n) is 5.82. The lowest BCUT2D eigenvalue weighted by Crippen LogP contribution is -2.32. The molecular weight excluding hydrogens is 450 g/mol. The molecule has 1 N–H and O–H groups in total. The van der Waals surface area contributed by atoms with Gasteiger partial charge in [-0.1, -0.05) is 30.7 Å². The summed E-state index contributed by atoms with van der Waals surface area (Å²) in [5, 5.41) is 11.2. The first-order valence-corrected chi connectivity index (χ1v) is 12.3. The van der Waals surface area contributed by atoms with E-state index in [0.29, 0.717) is 18.0 Å². The summed E-state index contributed by atoms with van der Waals surface area (Å²) in [7, 11) is 0. The van der Waals surface area contributed by atoms with Gasteiger partial charge in [0.25, 0.3) is 5.91 Å². The van der Waals surface area contributed by atoms with Crippen LogP contribution in [0.25, 0.3) is 11.5 Å². The predicted octanol–water partition coefficient (Wildman–Crippen LogP) is 5.18. The van der Waals surface area contributed by atoms with Crippen LogP contribution in [0.3, 0.4) is 0 Å². The Balaban J connectivity index is 1.56. The van der Waals surface area contributed by atoms with Gasteiger partial charge < -0.3 is 14.3 Å². The molecule has 4 heterocycles. The van der Waals surface area contributed by atoms with Gasteiger partial charge >= 0.3 is 0 Å². The zero-order valence-electron chi connectivity index (χ0n) is 19.9. The zero-order valence-corrected chi connectivity index (χ0v) is 20.7. The number of aromatic nitrogens is 4. The highest BCUT2D eigenvalue weighted by Gasteiger charge is 2.33. The van der Waals surface area contributed by atoms with E-state index in [9.17, 15) is 9.59 Å². The molecule has 0 radical (unpaired) electrons. The number of nitrogens with zero attached hydrogens (tertiary/aromatic N) is 4. The lowest BCUT2D eigenvalue weighted by molar-refractivity contribution is 0.0729. The topological polar surface area (TPSA) is 105 Å². The number of allylic oxidation sites excluding steroid dienone is 4. The lowest BCUT2D eigenvalue weighted by atomic mass is 10.0. The van der Waals surface area contributed by atoms with Gasteiger partial charge in [-0.2, -0.15) is 0 Å². The van der Waals surface area contributed by atoms with Crippen molar-refractivity contribution in [3.63, 3.8) is 0 Å². The van der Waals surface area contributed by atoms with Crippen LogP contribution in [0.4, 0.5) is 0 Å². The maximum absolute atomic E-state index is 13.3. The van der Waals surface area contributed by atoms with Crippen molar-refractivity contribution in [2.24, 2.45) is 0 Å². The summed E-state index contributed by atoms with van der Waals surface area (Å²) in [4.78, 5) is 34.8. The Bertz CT molecular complexity index is 1290. The highest BCUT2D eigenvalue weighted by Crippen LogP contribution is 2.35. The third kappa shape index (κ3) is 5.25. The molecule has 178 valence electrons. The standard InChI is InChI=1S/C25H29N5O3S/c1-5-6-8-15(2)11-16(3)22-28-29-23(33-22)18-12-19(27-21(31)13-18)25(32)30-10-7-9-20(30)24-26-17(4)14-34-24/h5-6,8,12-14,16,20H,7,9-11H2,1-4H3,(H,27,31). The number of amides is 1. The summed E-state index contributed by atoms with van der Waals surface area (Å²) >= 11 is 1.56. The van der Waals surface area contributed by atoms with Crippen molar-refractivity contribution in [3.8, 4) is 11.5 Å². The molecule has 1 saturated heterocycles. The Morgan fingerprint density at radius 2 is 2.21 bits per heavy atom. The van der Waals surface area contributed by atoms with E-state index in [4.69, 9.17) is 4.42 Å². The van der Waals surface area contributed by atoms with Gasteiger partial charge in [-0.25, -0.2) is 4.98 Å². The van der Waals surface area contributed by atoms with E-state index in [2.05, 4.69) is 33.2 Å². The minimum Gasteiger partial charge on any atom is -0.420 e. The van der Waals surface area contributed by atoms with E-state index in [1.807, 2.05) is 38.3 Å². The van der Waals surface area contributed by atoms with Crippen molar-refractivity contribution in [1.29, 1.82) is 0 Å². The SMILES string of the molecule is CC=CC=C(C)CC(C)c1nnc(-c2cc(C(=O)N3CCCC3c3nc(C)cs3)[nH]c(=O)c2)o1. The van der Waals surface area contributed by atoms with Crippen molar-refractivity contribution >= 4 is 17.2 Å². The number of rotatable bonds is 7. The number of likely N-dealkylation sites (tertiary alicyclic amines) is 1. The monoisotopic (exact) mass is 479 g/mol. The molecule has 2 atom stereocenters. The molecule has 4 rings (SSSR count). The Hall–Kier alpha value is -3.33. The molecule has 0 aromatic carbocycles. The fourth-order valence-electron chi connectivity index (χ4n) is 4.18. The van der Waals surface area contributed by atoms with E-state index < -0.39 is 0 Å². The lowest BCUT2D eigenvalue weighted by Gasteiger charge is -2.23. The van der Waals surface area contributed by atoms with Gasteiger partial charge in [0, 0.05) is 35.2 Å². The molecule has 2 unspecified atom stereocenters. The van der Waals surface area contributed by atoms with E-state index in [1.165, 1.54) is 11.6 Å². The second-order valence-corrected chi connectivity index (χ2v) is 9.61. The number of thiazole rings is 1. The van der Waals surface area contributed by atoms with Gasteiger partial charge in [-0.3, -0.25) is 9.59 Å². The molecular formula is C25H29N5O3S. The maximum atomic E-state index is 13.3. The molecule has 3 aromatic rings. The van der Waals surface area contributed by atoms with Crippen LogP contribution in [0, 0.1) is 6.92 Å². The van der Waals surface area contributed by atoms with Crippen LogP contribution in [-0.4, -0.2) is 37.5 Å². The molecule has 1 aliphatic heterocycles. The van der Waals surface area contributed by atoms with Gasteiger partial charge in [0.15, 0.2) is 0 Å². The van der Waals surface area contributed by atoms with Crippen molar-refractivity contribution in [2.75, 3.05) is 6.54 Å². The summed E-state index contributed by atoms with van der Waals surface area (Å²) in [6, 6.07) is 2.92. The highest BCUT2D eigenvalue weighted by atomic mass is 32.1. The average molecular weight is 480 g/mol. The number of carbonyl (C=O) groups is 1. The van der Waals surface area contributed by atoms with Crippen molar-refractivity contribution in [1.82, 2.24) is 25.1 Å². The quantitative estimate of drug-likeness (QED) is 0.468. The molecule has 0 aliphatic carbocycles. The third-order valence-corrected chi connectivity index (χ3v) is 6.88. The fourth-order valence-corrected chi connectivity index (χ4v) is 5.12. The van der Waals surface area contributed by atoms with Crippen LogP contribution >= 0.6 is 11.3 Å². The van der Waals surface area contributed by atoms with Gasteiger partial charge in [0.1, 0.15) is 10.7 Å². The first kappa shape index (κ1) is 23.8. The van der Waals surface area contributed by atoms with Crippen molar-refractivity contribution < 1.29 is 9.21 Å². The number of aromatic amines is 1. The Labute approximate surface area is 202 Å². The Kier molecular flexibility index (Phi) is 7.21. The molecule has 1 aliphatic rings. The maximum Gasteiger partial charge on any atom is 0.270 e. The number of H-pyrrole nitrogens is 1. The molecule has 1 fully saturated rings. The summed E-state index contributed by atoms with van der Waals surface area (Å²) in [5.41, 5.74) is 2.40. The summed E-state index contributed by atoms with van der Waals surface area (Å²) in [6.07, 6.45) is 8.56.